The molecule has 1 heterocycles. The fourth-order valence-corrected chi connectivity index (χ4v) is 4.31. The lowest BCUT2D eigenvalue weighted by Crippen LogP contribution is -2.15. The van der Waals surface area contributed by atoms with Gasteiger partial charge < -0.3 is 0 Å². The van der Waals surface area contributed by atoms with Gasteiger partial charge in [0.15, 0.2) is 5.78 Å². The summed E-state index contributed by atoms with van der Waals surface area (Å²) in [6.07, 6.45) is 9.68. The molecule has 2 bridgehead atoms. The van der Waals surface area contributed by atoms with Gasteiger partial charge in [-0.25, -0.2) is 0 Å². The lowest BCUT2D eigenvalue weighted by atomic mass is 9.84. The van der Waals surface area contributed by atoms with Crippen LogP contribution in [0.3, 0.4) is 0 Å². The van der Waals surface area contributed by atoms with Gasteiger partial charge in [-0.05, 0) is 42.4 Å². The van der Waals surface area contributed by atoms with Crippen LogP contribution in [0, 0.1) is 17.8 Å². The predicted molar refractivity (Wildman–Crippen MR) is 79.6 cm³/mol. The molecule has 2 aromatic rings. The van der Waals surface area contributed by atoms with Crippen LogP contribution >= 0.6 is 0 Å². The van der Waals surface area contributed by atoms with Gasteiger partial charge in [0.1, 0.15) is 0 Å². The van der Waals surface area contributed by atoms with E-state index >= 15 is 0 Å². The molecule has 2 nitrogen and oxygen atoms in total. The van der Waals surface area contributed by atoms with Gasteiger partial charge in [0.25, 0.3) is 0 Å². The lowest BCUT2D eigenvalue weighted by molar-refractivity contribution is 0.0945. The number of fused-ring (bicyclic) bond motifs is 3. The number of rotatable bonds is 3. The maximum absolute atomic E-state index is 12.7. The van der Waals surface area contributed by atoms with Crippen LogP contribution in [0.4, 0.5) is 0 Å². The van der Waals surface area contributed by atoms with Crippen LogP contribution in [0.2, 0.25) is 0 Å². The third-order valence-corrected chi connectivity index (χ3v) is 5.30. The van der Waals surface area contributed by atoms with Crippen molar-refractivity contribution < 1.29 is 4.79 Å². The van der Waals surface area contributed by atoms with Gasteiger partial charge >= 0.3 is 0 Å². The molecule has 20 heavy (non-hydrogen) atoms. The lowest BCUT2D eigenvalue weighted by Gasteiger charge is -2.20. The summed E-state index contributed by atoms with van der Waals surface area (Å²) in [4.78, 5) is 16.9. The smallest absolute Gasteiger partial charge is 0.165 e. The average Bonchev–Trinajstić information content (AvgIpc) is 3.09. The normalized spacial score (nSPS) is 28.1. The van der Waals surface area contributed by atoms with Gasteiger partial charge in [0.05, 0.1) is 0 Å². The first-order valence-electron chi connectivity index (χ1n) is 7.67. The molecule has 0 aliphatic heterocycles. The Hall–Kier alpha value is -1.70. The molecule has 2 aliphatic carbocycles. The summed E-state index contributed by atoms with van der Waals surface area (Å²) in [5.74, 6) is 2.63. The van der Waals surface area contributed by atoms with Gasteiger partial charge in [-0.1, -0.05) is 30.7 Å². The summed E-state index contributed by atoms with van der Waals surface area (Å²) in [6, 6.07) is 8.05. The molecular weight excluding hydrogens is 246 g/mol. The summed E-state index contributed by atoms with van der Waals surface area (Å²) in [7, 11) is 0. The number of benzene rings is 1. The fourth-order valence-electron chi connectivity index (χ4n) is 4.31. The van der Waals surface area contributed by atoms with E-state index in [1.165, 1.54) is 25.7 Å². The second kappa shape index (κ2) is 4.69. The van der Waals surface area contributed by atoms with Crippen molar-refractivity contribution in [2.45, 2.75) is 32.1 Å². The summed E-state index contributed by atoms with van der Waals surface area (Å²) in [6.45, 7) is 0. The van der Waals surface area contributed by atoms with E-state index in [0.717, 1.165) is 34.6 Å². The van der Waals surface area contributed by atoms with Crippen LogP contribution in [0.5, 0.6) is 0 Å². The number of hydrogen-bond acceptors (Lipinski definition) is 2. The van der Waals surface area contributed by atoms with Crippen molar-refractivity contribution in [3.63, 3.8) is 0 Å². The molecule has 2 fully saturated rings. The Bertz CT molecular complexity index is 658. The van der Waals surface area contributed by atoms with E-state index < -0.39 is 0 Å². The first-order chi connectivity index (χ1) is 9.81. The third kappa shape index (κ3) is 1.94. The summed E-state index contributed by atoms with van der Waals surface area (Å²) in [5, 5.41) is 2.11. The highest BCUT2D eigenvalue weighted by atomic mass is 16.1. The minimum Gasteiger partial charge on any atom is -0.294 e. The predicted octanol–water partition coefficient (Wildman–Crippen LogP) is 4.24. The first kappa shape index (κ1) is 12.1. The number of pyridine rings is 1. The molecule has 1 aromatic heterocycles. The number of aromatic nitrogens is 1. The molecule has 0 spiro atoms. The number of carbonyl (C=O) groups excluding carboxylic acids is 1. The Kier molecular flexibility index (Phi) is 2.83. The highest BCUT2D eigenvalue weighted by Crippen LogP contribution is 2.49. The van der Waals surface area contributed by atoms with Crippen molar-refractivity contribution in [1.29, 1.82) is 0 Å². The third-order valence-electron chi connectivity index (χ3n) is 5.30. The zero-order valence-corrected chi connectivity index (χ0v) is 11.6. The van der Waals surface area contributed by atoms with Crippen molar-refractivity contribution >= 4 is 16.6 Å². The Morgan fingerprint density at radius 1 is 1.15 bits per heavy atom. The standard InChI is InChI=1S/C18H19NO/c20-18(9-15-8-12-5-6-13(15)7-12)17-11-19-10-14-3-1-2-4-16(14)17/h1-4,10-13,15H,5-9H2. The van der Waals surface area contributed by atoms with E-state index in [1.54, 1.807) is 6.20 Å². The van der Waals surface area contributed by atoms with Crippen molar-refractivity contribution in [1.82, 2.24) is 4.98 Å². The molecule has 0 saturated heterocycles. The van der Waals surface area contributed by atoms with E-state index in [2.05, 4.69) is 4.98 Å². The van der Waals surface area contributed by atoms with Crippen molar-refractivity contribution in [2.75, 3.05) is 0 Å². The molecule has 1 aromatic carbocycles. The molecule has 2 heteroatoms. The van der Waals surface area contributed by atoms with E-state index in [1.807, 2.05) is 30.5 Å². The van der Waals surface area contributed by atoms with Gasteiger partial charge in [0, 0.05) is 29.8 Å². The molecule has 4 rings (SSSR count). The number of hydrogen-bond donors (Lipinski definition) is 0. The zero-order valence-electron chi connectivity index (χ0n) is 11.6. The fraction of sp³-hybridized carbons (Fsp3) is 0.444. The quantitative estimate of drug-likeness (QED) is 0.777. The Morgan fingerprint density at radius 3 is 2.85 bits per heavy atom. The van der Waals surface area contributed by atoms with E-state index in [-0.39, 0.29) is 5.78 Å². The number of nitrogens with zero attached hydrogens (tertiary/aromatic N) is 1. The van der Waals surface area contributed by atoms with Crippen LogP contribution in [-0.4, -0.2) is 10.8 Å². The Morgan fingerprint density at radius 2 is 2.05 bits per heavy atom. The van der Waals surface area contributed by atoms with Crippen LogP contribution in [0.25, 0.3) is 10.8 Å². The molecule has 3 unspecified atom stereocenters. The highest BCUT2D eigenvalue weighted by molar-refractivity contribution is 6.07. The topological polar surface area (TPSA) is 30.0 Å². The summed E-state index contributed by atoms with van der Waals surface area (Å²) in [5.41, 5.74) is 0.811. The van der Waals surface area contributed by atoms with Crippen molar-refractivity contribution in [3.8, 4) is 0 Å². The maximum atomic E-state index is 12.7. The Labute approximate surface area is 119 Å². The number of Topliss-reactive ketones (excluding diaryl/α,β-unsaturated/α-hetero) is 1. The summed E-state index contributed by atoms with van der Waals surface area (Å²) >= 11 is 0. The SMILES string of the molecule is O=C(CC1CC2CCC1C2)c1cncc2ccccc12. The van der Waals surface area contributed by atoms with Crippen LogP contribution < -0.4 is 0 Å². The van der Waals surface area contributed by atoms with E-state index in [4.69, 9.17) is 0 Å². The molecule has 2 saturated carbocycles. The van der Waals surface area contributed by atoms with Gasteiger partial charge in [-0.3, -0.25) is 9.78 Å². The molecule has 102 valence electrons. The van der Waals surface area contributed by atoms with Crippen LogP contribution in [-0.2, 0) is 0 Å². The monoisotopic (exact) mass is 265 g/mol. The zero-order chi connectivity index (χ0) is 13.5. The highest BCUT2D eigenvalue weighted by Gasteiger charge is 2.40. The van der Waals surface area contributed by atoms with E-state index in [0.29, 0.717) is 5.92 Å². The minimum absolute atomic E-state index is 0.284. The molecular formula is C18H19NO. The molecule has 0 N–H and O–H groups in total. The second-order valence-electron chi connectivity index (χ2n) is 6.47. The number of ketones is 1. The molecule has 3 atom stereocenters. The van der Waals surface area contributed by atoms with Crippen LogP contribution in [0.15, 0.2) is 36.7 Å². The second-order valence-corrected chi connectivity index (χ2v) is 6.47. The first-order valence-corrected chi connectivity index (χ1v) is 7.67. The van der Waals surface area contributed by atoms with Crippen molar-refractivity contribution in [3.05, 3.63) is 42.2 Å². The van der Waals surface area contributed by atoms with Gasteiger partial charge in [-0.15, -0.1) is 0 Å². The van der Waals surface area contributed by atoms with E-state index in [9.17, 15) is 4.79 Å². The average molecular weight is 265 g/mol. The van der Waals surface area contributed by atoms with Crippen molar-refractivity contribution in [2.24, 2.45) is 17.8 Å². The minimum atomic E-state index is 0.284. The Balaban J connectivity index is 1.61. The van der Waals surface area contributed by atoms with Gasteiger partial charge in [-0.2, -0.15) is 0 Å². The molecule has 0 radical (unpaired) electrons. The molecule has 2 aliphatic rings. The largest absolute Gasteiger partial charge is 0.294 e. The van der Waals surface area contributed by atoms with Crippen LogP contribution in [0.1, 0.15) is 42.5 Å². The number of carbonyl (C=O) groups is 1. The summed E-state index contributed by atoms with van der Waals surface area (Å²) < 4.78 is 0. The molecule has 0 amide bonds. The van der Waals surface area contributed by atoms with Gasteiger partial charge in [0.2, 0.25) is 0 Å². The maximum Gasteiger partial charge on any atom is 0.165 e.